The number of likely N-dealkylation sites (tertiary alicyclic amines) is 1. The SMILES string of the molecule is CC(C)(C)OC(=O)N1CC2(CCCC2CO)C1. The van der Waals surface area contributed by atoms with Crippen LogP contribution in [0, 0.1) is 11.3 Å². The molecule has 1 spiro atoms. The lowest BCUT2D eigenvalue weighted by atomic mass is 9.72. The van der Waals surface area contributed by atoms with Gasteiger partial charge >= 0.3 is 6.09 Å². The second-order valence-electron chi connectivity index (χ2n) is 6.47. The van der Waals surface area contributed by atoms with Crippen LogP contribution in [-0.4, -0.2) is 41.4 Å². The molecule has 0 aromatic rings. The fourth-order valence-corrected chi connectivity index (χ4v) is 3.08. The fourth-order valence-electron chi connectivity index (χ4n) is 3.08. The summed E-state index contributed by atoms with van der Waals surface area (Å²) >= 11 is 0. The highest BCUT2D eigenvalue weighted by molar-refractivity contribution is 5.69. The van der Waals surface area contributed by atoms with Crippen LogP contribution in [0.4, 0.5) is 4.79 Å². The van der Waals surface area contributed by atoms with E-state index in [2.05, 4.69) is 0 Å². The minimum absolute atomic E-state index is 0.186. The van der Waals surface area contributed by atoms with Gasteiger partial charge in [0.1, 0.15) is 5.60 Å². The van der Waals surface area contributed by atoms with E-state index in [-0.39, 0.29) is 18.1 Å². The van der Waals surface area contributed by atoms with Gasteiger partial charge < -0.3 is 14.7 Å². The van der Waals surface area contributed by atoms with E-state index in [1.165, 1.54) is 6.42 Å². The second-order valence-corrected chi connectivity index (χ2v) is 6.47. The smallest absolute Gasteiger partial charge is 0.410 e. The van der Waals surface area contributed by atoms with Gasteiger partial charge in [-0.2, -0.15) is 0 Å². The summed E-state index contributed by atoms with van der Waals surface area (Å²) < 4.78 is 5.34. The first-order valence-corrected chi connectivity index (χ1v) is 6.45. The van der Waals surface area contributed by atoms with Crippen LogP contribution in [-0.2, 0) is 4.74 Å². The maximum absolute atomic E-state index is 11.8. The van der Waals surface area contributed by atoms with E-state index in [1.807, 2.05) is 20.8 Å². The average Bonchev–Trinajstić information content (AvgIpc) is 2.55. The molecule has 0 aromatic heterocycles. The Labute approximate surface area is 103 Å². The zero-order chi connectivity index (χ0) is 12.7. The highest BCUT2D eigenvalue weighted by atomic mass is 16.6. The summed E-state index contributed by atoms with van der Waals surface area (Å²) in [4.78, 5) is 13.6. The third kappa shape index (κ3) is 2.41. The fraction of sp³-hybridized carbons (Fsp3) is 0.923. The number of aliphatic hydroxyl groups excluding tert-OH is 1. The molecule has 1 aliphatic carbocycles. The van der Waals surface area contributed by atoms with Gasteiger partial charge in [0, 0.05) is 25.1 Å². The zero-order valence-electron chi connectivity index (χ0n) is 11.0. The number of rotatable bonds is 1. The number of aliphatic hydroxyl groups is 1. The van der Waals surface area contributed by atoms with Crippen LogP contribution in [0.15, 0.2) is 0 Å². The van der Waals surface area contributed by atoms with Crippen LogP contribution in [0.3, 0.4) is 0 Å². The third-order valence-corrected chi connectivity index (χ3v) is 3.98. The normalized spacial score (nSPS) is 27.1. The van der Waals surface area contributed by atoms with Crippen molar-refractivity contribution in [2.45, 2.75) is 45.6 Å². The minimum atomic E-state index is -0.425. The molecule has 0 aromatic carbocycles. The molecule has 1 heterocycles. The molecule has 4 heteroatoms. The van der Waals surface area contributed by atoms with Crippen molar-refractivity contribution in [1.82, 2.24) is 4.90 Å². The molecular formula is C13H23NO3. The Bertz CT molecular complexity index is 302. The summed E-state index contributed by atoms with van der Waals surface area (Å²) in [5.74, 6) is 0.376. The Morgan fingerprint density at radius 2 is 2.12 bits per heavy atom. The first-order valence-electron chi connectivity index (χ1n) is 6.45. The maximum atomic E-state index is 11.8. The van der Waals surface area contributed by atoms with E-state index in [9.17, 15) is 9.90 Å². The molecule has 1 unspecified atom stereocenters. The Balaban J connectivity index is 1.88. The monoisotopic (exact) mass is 241 g/mol. The van der Waals surface area contributed by atoms with E-state index in [4.69, 9.17) is 4.74 Å². The molecule has 4 nitrogen and oxygen atoms in total. The number of hydrogen-bond acceptors (Lipinski definition) is 3. The molecule has 17 heavy (non-hydrogen) atoms. The predicted molar refractivity (Wildman–Crippen MR) is 64.7 cm³/mol. The maximum Gasteiger partial charge on any atom is 0.410 e. The van der Waals surface area contributed by atoms with E-state index in [0.717, 1.165) is 25.9 Å². The summed E-state index contributed by atoms with van der Waals surface area (Å²) in [5, 5.41) is 9.34. The summed E-state index contributed by atoms with van der Waals surface area (Å²) in [6.07, 6.45) is 3.19. The van der Waals surface area contributed by atoms with E-state index in [0.29, 0.717) is 5.92 Å². The van der Waals surface area contributed by atoms with Crippen LogP contribution in [0.25, 0.3) is 0 Å². The van der Waals surface area contributed by atoms with Crippen molar-refractivity contribution in [3.63, 3.8) is 0 Å². The summed E-state index contributed by atoms with van der Waals surface area (Å²) in [7, 11) is 0. The van der Waals surface area contributed by atoms with Crippen LogP contribution < -0.4 is 0 Å². The van der Waals surface area contributed by atoms with Crippen molar-refractivity contribution in [1.29, 1.82) is 0 Å². The third-order valence-electron chi connectivity index (χ3n) is 3.98. The number of hydrogen-bond donors (Lipinski definition) is 1. The van der Waals surface area contributed by atoms with Gasteiger partial charge in [-0.1, -0.05) is 6.42 Å². The van der Waals surface area contributed by atoms with Gasteiger partial charge in [0.2, 0.25) is 0 Å². The molecule has 1 N–H and O–H groups in total. The highest BCUT2D eigenvalue weighted by Gasteiger charge is 2.53. The van der Waals surface area contributed by atoms with Gasteiger partial charge in [0.05, 0.1) is 0 Å². The van der Waals surface area contributed by atoms with E-state index in [1.54, 1.807) is 4.90 Å². The van der Waals surface area contributed by atoms with Crippen molar-refractivity contribution >= 4 is 6.09 Å². The molecule has 1 aliphatic heterocycles. The van der Waals surface area contributed by atoms with Crippen LogP contribution in [0.2, 0.25) is 0 Å². The average molecular weight is 241 g/mol. The minimum Gasteiger partial charge on any atom is -0.444 e. The van der Waals surface area contributed by atoms with Gasteiger partial charge in [-0.05, 0) is 39.5 Å². The van der Waals surface area contributed by atoms with Crippen LogP contribution in [0.1, 0.15) is 40.0 Å². The molecular weight excluding hydrogens is 218 g/mol. The lowest BCUT2D eigenvalue weighted by Gasteiger charge is -2.51. The number of ether oxygens (including phenoxy) is 1. The molecule has 0 radical (unpaired) electrons. The Kier molecular flexibility index (Phi) is 3.10. The summed E-state index contributed by atoms with van der Waals surface area (Å²) in [5.41, 5.74) is -0.239. The summed E-state index contributed by atoms with van der Waals surface area (Å²) in [6.45, 7) is 7.41. The quantitative estimate of drug-likeness (QED) is 0.764. The largest absolute Gasteiger partial charge is 0.444 e. The first kappa shape index (κ1) is 12.7. The van der Waals surface area contributed by atoms with Crippen molar-refractivity contribution in [3.8, 4) is 0 Å². The highest BCUT2D eigenvalue weighted by Crippen LogP contribution is 2.49. The Morgan fingerprint density at radius 1 is 1.47 bits per heavy atom. The van der Waals surface area contributed by atoms with Crippen LogP contribution in [0.5, 0.6) is 0 Å². The van der Waals surface area contributed by atoms with Gasteiger partial charge in [-0.3, -0.25) is 0 Å². The molecule has 2 aliphatic rings. The van der Waals surface area contributed by atoms with Crippen molar-refractivity contribution in [2.75, 3.05) is 19.7 Å². The second kappa shape index (κ2) is 4.16. The molecule has 1 saturated carbocycles. The first-order chi connectivity index (χ1) is 7.86. The lowest BCUT2D eigenvalue weighted by Crippen LogP contribution is -2.61. The zero-order valence-corrected chi connectivity index (χ0v) is 11.0. The number of amides is 1. The van der Waals surface area contributed by atoms with Crippen molar-refractivity contribution in [3.05, 3.63) is 0 Å². The lowest BCUT2D eigenvalue weighted by molar-refractivity contribution is -0.0588. The standard InChI is InChI=1S/C13H23NO3/c1-12(2,3)17-11(16)14-8-13(9-14)6-4-5-10(13)7-15/h10,15H,4-9H2,1-3H3. The molecule has 1 amide bonds. The van der Waals surface area contributed by atoms with Gasteiger partial charge in [-0.15, -0.1) is 0 Å². The van der Waals surface area contributed by atoms with Crippen molar-refractivity contribution in [2.24, 2.45) is 11.3 Å². The molecule has 1 saturated heterocycles. The van der Waals surface area contributed by atoms with Gasteiger partial charge in [0.15, 0.2) is 0 Å². The number of carbonyl (C=O) groups is 1. The van der Waals surface area contributed by atoms with E-state index >= 15 is 0 Å². The molecule has 2 rings (SSSR count). The predicted octanol–water partition coefficient (Wildman–Crippen LogP) is 2.02. The molecule has 98 valence electrons. The van der Waals surface area contributed by atoms with Crippen LogP contribution >= 0.6 is 0 Å². The Morgan fingerprint density at radius 3 is 2.65 bits per heavy atom. The number of nitrogens with zero attached hydrogens (tertiary/aromatic N) is 1. The molecule has 0 bridgehead atoms. The topological polar surface area (TPSA) is 49.8 Å². The Hall–Kier alpha value is -0.770. The number of carbonyl (C=O) groups excluding carboxylic acids is 1. The van der Waals surface area contributed by atoms with E-state index < -0.39 is 5.60 Å². The summed E-state index contributed by atoms with van der Waals surface area (Å²) in [6, 6.07) is 0. The van der Waals surface area contributed by atoms with Crippen molar-refractivity contribution < 1.29 is 14.6 Å². The molecule has 2 fully saturated rings. The van der Waals surface area contributed by atoms with Gasteiger partial charge in [0.25, 0.3) is 0 Å². The molecule has 1 atom stereocenters. The van der Waals surface area contributed by atoms with Gasteiger partial charge in [-0.25, -0.2) is 4.79 Å².